The monoisotopic (exact) mass is 554 g/mol. The minimum Gasteiger partial charge on any atom is -0.508 e. The van der Waals surface area contributed by atoms with Gasteiger partial charge in [-0.25, -0.2) is 8.42 Å². The molecule has 0 spiro atoms. The first kappa shape index (κ1) is 28.4. The number of nitrogens with one attached hydrogen (secondary N) is 1. The molecule has 4 rings (SSSR count). The number of aryl methyl sites for hydroxylation is 1. The highest BCUT2D eigenvalue weighted by Gasteiger charge is 2.34. The van der Waals surface area contributed by atoms with Crippen LogP contribution in [-0.4, -0.2) is 54.5 Å². The molecule has 208 valence electrons. The second-order valence-electron chi connectivity index (χ2n) is 10.2. The first-order valence-electron chi connectivity index (χ1n) is 12.7. The van der Waals surface area contributed by atoms with E-state index in [2.05, 4.69) is 5.32 Å². The fourth-order valence-corrected chi connectivity index (χ4v) is 6.14. The van der Waals surface area contributed by atoms with Crippen molar-refractivity contribution in [3.05, 3.63) is 83.4 Å². The number of aliphatic hydroxyl groups is 1. The normalized spacial score (nSPS) is 14.4. The summed E-state index contributed by atoms with van der Waals surface area (Å²) in [5.41, 5.74) is -0.146. The van der Waals surface area contributed by atoms with Crippen LogP contribution in [0.2, 0.25) is 0 Å². The van der Waals surface area contributed by atoms with E-state index in [-0.39, 0.29) is 49.3 Å². The van der Waals surface area contributed by atoms with Crippen molar-refractivity contribution >= 4 is 15.9 Å². The van der Waals surface area contributed by atoms with Crippen molar-refractivity contribution in [2.75, 3.05) is 19.9 Å². The SMILES string of the molecule is Cc1cc(O)ccc1C(=O)NC(O)(CCN(CC(C)C)S(=O)(=O)c1ccc2c(c1)OCO2)Cc1ccccc1. The number of benzene rings is 3. The Balaban J connectivity index is 1.61. The molecule has 1 aliphatic rings. The van der Waals surface area contributed by atoms with Crippen LogP contribution in [0.3, 0.4) is 0 Å². The molecule has 3 N–H and O–H groups in total. The third-order valence-electron chi connectivity index (χ3n) is 6.47. The van der Waals surface area contributed by atoms with Crippen LogP contribution in [0.1, 0.15) is 41.8 Å². The van der Waals surface area contributed by atoms with Gasteiger partial charge in [0, 0.05) is 37.6 Å². The molecular weight excluding hydrogens is 520 g/mol. The lowest BCUT2D eigenvalue weighted by atomic mass is 9.98. The third kappa shape index (κ3) is 6.89. The molecule has 0 radical (unpaired) electrons. The summed E-state index contributed by atoms with van der Waals surface area (Å²) < 4.78 is 39.4. The summed E-state index contributed by atoms with van der Waals surface area (Å²) >= 11 is 0. The quantitative estimate of drug-likeness (QED) is 0.308. The Kier molecular flexibility index (Phi) is 8.48. The van der Waals surface area contributed by atoms with Crippen LogP contribution < -0.4 is 14.8 Å². The van der Waals surface area contributed by atoms with Crippen LogP contribution in [-0.2, 0) is 16.4 Å². The summed E-state index contributed by atoms with van der Waals surface area (Å²) in [5.74, 6) is 0.346. The molecule has 1 atom stereocenters. The van der Waals surface area contributed by atoms with Gasteiger partial charge in [-0.15, -0.1) is 0 Å². The Bertz CT molecular complexity index is 1430. The van der Waals surface area contributed by atoms with Gasteiger partial charge in [0.15, 0.2) is 11.5 Å². The summed E-state index contributed by atoms with van der Waals surface area (Å²) in [6, 6.07) is 18.0. The van der Waals surface area contributed by atoms with E-state index in [0.29, 0.717) is 22.6 Å². The first-order valence-corrected chi connectivity index (χ1v) is 14.2. The predicted octanol–water partition coefficient (Wildman–Crippen LogP) is 3.83. The van der Waals surface area contributed by atoms with E-state index in [0.717, 1.165) is 5.56 Å². The maximum Gasteiger partial charge on any atom is 0.253 e. The number of phenols is 1. The molecule has 0 aliphatic carbocycles. The van der Waals surface area contributed by atoms with Gasteiger partial charge in [0.05, 0.1) is 4.90 Å². The smallest absolute Gasteiger partial charge is 0.253 e. The van der Waals surface area contributed by atoms with E-state index < -0.39 is 21.7 Å². The van der Waals surface area contributed by atoms with Gasteiger partial charge in [0.25, 0.3) is 5.91 Å². The molecule has 39 heavy (non-hydrogen) atoms. The molecule has 1 amide bonds. The fraction of sp³-hybridized carbons (Fsp3) is 0.345. The zero-order valence-electron chi connectivity index (χ0n) is 22.3. The lowest BCUT2D eigenvalue weighted by Gasteiger charge is -2.33. The zero-order valence-corrected chi connectivity index (χ0v) is 23.1. The number of hydrogen-bond acceptors (Lipinski definition) is 7. The number of rotatable bonds is 11. The molecule has 0 bridgehead atoms. The van der Waals surface area contributed by atoms with Gasteiger partial charge in [-0.2, -0.15) is 4.31 Å². The van der Waals surface area contributed by atoms with Crippen LogP contribution in [0.15, 0.2) is 71.6 Å². The van der Waals surface area contributed by atoms with Crippen molar-refractivity contribution in [1.82, 2.24) is 9.62 Å². The second-order valence-corrected chi connectivity index (χ2v) is 12.1. The Hall–Kier alpha value is -3.60. The summed E-state index contributed by atoms with van der Waals surface area (Å²) in [5, 5.41) is 24.2. The molecule has 0 saturated heterocycles. The molecule has 1 aliphatic heterocycles. The highest BCUT2D eigenvalue weighted by molar-refractivity contribution is 7.89. The van der Waals surface area contributed by atoms with Gasteiger partial charge in [-0.3, -0.25) is 4.79 Å². The number of carbonyl (C=O) groups excluding carboxylic acids is 1. The highest BCUT2D eigenvalue weighted by atomic mass is 32.2. The topological polar surface area (TPSA) is 125 Å². The van der Waals surface area contributed by atoms with E-state index in [1.165, 1.54) is 34.6 Å². The summed E-state index contributed by atoms with van der Waals surface area (Å²) in [4.78, 5) is 13.3. The van der Waals surface area contributed by atoms with Crippen molar-refractivity contribution in [3.8, 4) is 17.2 Å². The fourth-order valence-electron chi connectivity index (χ4n) is 4.52. The second kappa shape index (κ2) is 11.6. The average Bonchev–Trinajstić information content (AvgIpc) is 3.35. The van der Waals surface area contributed by atoms with Gasteiger partial charge >= 0.3 is 0 Å². The molecule has 9 nitrogen and oxygen atoms in total. The van der Waals surface area contributed by atoms with Crippen LogP contribution in [0.5, 0.6) is 17.2 Å². The molecular formula is C29H34N2O7S. The Labute approximate surface area is 229 Å². The van der Waals surface area contributed by atoms with Gasteiger partial charge in [0.2, 0.25) is 16.8 Å². The molecule has 1 heterocycles. The summed E-state index contributed by atoms with van der Waals surface area (Å²) in [6.07, 6.45) is -0.00241. The van der Waals surface area contributed by atoms with Crippen molar-refractivity contribution in [3.63, 3.8) is 0 Å². The molecule has 0 aromatic heterocycles. The largest absolute Gasteiger partial charge is 0.508 e. The van der Waals surface area contributed by atoms with E-state index in [1.54, 1.807) is 13.0 Å². The van der Waals surface area contributed by atoms with Crippen LogP contribution in [0.25, 0.3) is 0 Å². The minimum atomic E-state index is -3.96. The Morgan fingerprint density at radius 3 is 2.46 bits per heavy atom. The number of amides is 1. The Morgan fingerprint density at radius 1 is 1.05 bits per heavy atom. The lowest BCUT2D eigenvalue weighted by Crippen LogP contribution is -2.52. The van der Waals surface area contributed by atoms with Crippen LogP contribution >= 0.6 is 0 Å². The number of hydrogen-bond donors (Lipinski definition) is 3. The zero-order chi connectivity index (χ0) is 28.2. The van der Waals surface area contributed by atoms with E-state index in [1.807, 2.05) is 44.2 Å². The number of ether oxygens (including phenoxy) is 2. The van der Waals surface area contributed by atoms with Crippen molar-refractivity contribution in [2.45, 2.75) is 44.2 Å². The van der Waals surface area contributed by atoms with Crippen LogP contribution in [0, 0.1) is 12.8 Å². The molecule has 0 saturated carbocycles. The maximum atomic E-state index is 13.7. The third-order valence-corrected chi connectivity index (χ3v) is 8.33. The van der Waals surface area contributed by atoms with Gasteiger partial charge in [0.1, 0.15) is 11.5 Å². The van der Waals surface area contributed by atoms with Crippen molar-refractivity contribution < 1.29 is 32.9 Å². The van der Waals surface area contributed by atoms with Gasteiger partial charge in [-0.05, 0) is 54.3 Å². The van der Waals surface area contributed by atoms with E-state index in [9.17, 15) is 23.4 Å². The number of nitrogens with zero attached hydrogens (tertiary/aromatic N) is 1. The minimum absolute atomic E-state index is 0.00485. The predicted molar refractivity (Wildman–Crippen MR) is 146 cm³/mol. The average molecular weight is 555 g/mol. The summed E-state index contributed by atoms with van der Waals surface area (Å²) in [6.45, 7) is 5.70. The number of fused-ring (bicyclic) bond motifs is 1. The maximum absolute atomic E-state index is 13.7. The van der Waals surface area contributed by atoms with Crippen molar-refractivity contribution in [2.24, 2.45) is 5.92 Å². The van der Waals surface area contributed by atoms with Crippen LogP contribution in [0.4, 0.5) is 0 Å². The Morgan fingerprint density at radius 2 is 1.77 bits per heavy atom. The number of sulfonamides is 1. The standard InChI is InChI=1S/C29H34N2O7S/c1-20(2)18-31(39(35,36)24-10-12-26-27(16-24)38-19-37-26)14-13-29(34,17-22-7-5-4-6-8-22)30-28(33)25-11-9-23(32)15-21(25)3/h4-12,15-16,20,32,34H,13-14,17-19H2,1-3H3,(H,30,33). The lowest BCUT2D eigenvalue weighted by molar-refractivity contribution is -0.00269. The number of phenolic OH excluding ortho intramolecular Hbond substituents is 1. The number of carbonyl (C=O) groups is 1. The van der Waals surface area contributed by atoms with Gasteiger partial charge in [-0.1, -0.05) is 44.2 Å². The highest BCUT2D eigenvalue weighted by Crippen LogP contribution is 2.35. The molecule has 0 fully saturated rings. The molecule has 10 heteroatoms. The van der Waals surface area contributed by atoms with E-state index in [4.69, 9.17) is 9.47 Å². The number of aromatic hydroxyl groups is 1. The molecule has 3 aromatic carbocycles. The van der Waals surface area contributed by atoms with E-state index >= 15 is 0 Å². The molecule has 3 aromatic rings. The molecule has 1 unspecified atom stereocenters. The summed E-state index contributed by atoms with van der Waals surface area (Å²) in [7, 11) is -3.96. The van der Waals surface area contributed by atoms with Gasteiger partial charge < -0.3 is 25.0 Å². The van der Waals surface area contributed by atoms with Crippen molar-refractivity contribution in [1.29, 1.82) is 0 Å². The first-order chi connectivity index (χ1) is 18.5.